The number of rotatable bonds is 3. The van der Waals surface area contributed by atoms with Gasteiger partial charge < -0.3 is 24.4 Å². The summed E-state index contributed by atoms with van der Waals surface area (Å²) in [5, 5.41) is 21.5. The predicted molar refractivity (Wildman–Crippen MR) is 135 cm³/mol. The molecule has 6 unspecified atom stereocenters. The number of ether oxygens (including phenoxy) is 3. The molecule has 6 heteroatoms. The summed E-state index contributed by atoms with van der Waals surface area (Å²) in [6.45, 7) is 4.15. The zero-order valence-electron chi connectivity index (χ0n) is 20.5. The van der Waals surface area contributed by atoms with E-state index in [0.29, 0.717) is 25.2 Å². The fraction of sp³-hybridized carbons (Fsp3) is 0.621. The number of epoxide rings is 1. The Balaban J connectivity index is 1.43. The van der Waals surface area contributed by atoms with Crippen LogP contribution in [0.5, 0.6) is 0 Å². The molecule has 3 heterocycles. The topological polar surface area (TPSA) is 88.5 Å². The number of aliphatic hydroxyl groups excluding tert-OH is 2. The molecule has 0 spiro atoms. The maximum atomic E-state index is 12.6. The number of carbonyl (C=O) groups excluding carboxylic acids is 1. The second-order valence-corrected chi connectivity index (χ2v) is 10.3. The molecular weight excluding hydrogens is 444 g/mol. The van der Waals surface area contributed by atoms with Gasteiger partial charge in [0.1, 0.15) is 18.3 Å². The summed E-state index contributed by atoms with van der Waals surface area (Å²) in [5.41, 5.74) is 1.00. The molecule has 4 aliphatic rings. The molecule has 8 atom stereocenters. The number of esters is 1. The average Bonchev–Trinajstić information content (AvgIpc) is 3.62. The second-order valence-electron chi connectivity index (χ2n) is 10.3. The second kappa shape index (κ2) is 12.8. The van der Waals surface area contributed by atoms with Gasteiger partial charge in [-0.15, -0.1) is 0 Å². The van der Waals surface area contributed by atoms with Gasteiger partial charge in [0.15, 0.2) is 0 Å². The molecule has 0 saturated carbocycles. The van der Waals surface area contributed by atoms with Gasteiger partial charge in [-0.2, -0.15) is 0 Å². The molecule has 4 rings (SSSR count). The number of hydrogen-bond donors (Lipinski definition) is 2. The van der Waals surface area contributed by atoms with Crippen molar-refractivity contribution in [2.75, 3.05) is 0 Å². The van der Waals surface area contributed by atoms with E-state index in [2.05, 4.69) is 24.8 Å². The smallest absolute Gasteiger partial charge is 0.330 e. The van der Waals surface area contributed by atoms with Gasteiger partial charge in [-0.05, 0) is 63.7 Å². The maximum Gasteiger partial charge on any atom is 0.330 e. The molecule has 0 radical (unpaired) electrons. The minimum absolute atomic E-state index is 0.0600. The quantitative estimate of drug-likeness (QED) is 0.349. The zero-order valence-corrected chi connectivity index (χ0v) is 20.5. The SMILES string of the molecule is C=C1CCCC2CC=CC(C/C=C\C(=O)OC(C(O)/C=C/C3C=CCCC3)C[C@@H]3OC3[C@@H](O)C1)O2. The Morgan fingerprint density at radius 2 is 1.97 bits per heavy atom. The standard InChI is InChI=1S/C29H40O6/c1-20-8-5-11-22-12-6-13-23(33-22)14-7-15-28(32)34-26(19-27-29(35-27)25(31)18-20)24(30)17-16-21-9-3-2-4-10-21/h3,6-7,9,13,15-17,21-27,29-31H,1-2,4-5,8,10-12,14,18-19H2/b15-7-,17-16+/t21?,22?,23?,24?,25-,26?,27-,29?/m0/s1. The van der Waals surface area contributed by atoms with Crippen LogP contribution in [0.25, 0.3) is 0 Å². The summed E-state index contributed by atoms with van der Waals surface area (Å²) < 4.78 is 17.6. The van der Waals surface area contributed by atoms with Crippen LogP contribution in [0.15, 0.2) is 60.8 Å². The monoisotopic (exact) mass is 484 g/mol. The van der Waals surface area contributed by atoms with Gasteiger partial charge in [-0.3, -0.25) is 0 Å². The molecule has 2 N–H and O–H groups in total. The molecule has 192 valence electrons. The molecule has 0 aromatic carbocycles. The van der Waals surface area contributed by atoms with Gasteiger partial charge in [0.05, 0.1) is 24.4 Å². The van der Waals surface area contributed by atoms with Crippen molar-refractivity contribution in [2.45, 2.75) is 107 Å². The van der Waals surface area contributed by atoms with Crippen molar-refractivity contribution in [3.05, 3.63) is 60.8 Å². The van der Waals surface area contributed by atoms with Gasteiger partial charge >= 0.3 is 5.97 Å². The lowest BCUT2D eigenvalue weighted by Gasteiger charge is -2.25. The Morgan fingerprint density at radius 1 is 1.09 bits per heavy atom. The third-order valence-corrected chi connectivity index (χ3v) is 7.25. The molecule has 2 bridgehead atoms. The Kier molecular flexibility index (Phi) is 9.55. The Labute approximate surface area is 209 Å². The van der Waals surface area contributed by atoms with E-state index in [1.54, 1.807) is 12.2 Å². The number of fused-ring (bicyclic) bond motifs is 3. The highest BCUT2D eigenvalue weighted by molar-refractivity contribution is 5.82. The van der Waals surface area contributed by atoms with Gasteiger partial charge in [-0.25, -0.2) is 4.79 Å². The highest BCUT2D eigenvalue weighted by Gasteiger charge is 2.46. The van der Waals surface area contributed by atoms with Gasteiger partial charge in [0.2, 0.25) is 0 Å². The molecule has 1 saturated heterocycles. The van der Waals surface area contributed by atoms with Crippen LogP contribution in [0.2, 0.25) is 0 Å². The molecule has 35 heavy (non-hydrogen) atoms. The van der Waals surface area contributed by atoms with E-state index in [-0.39, 0.29) is 24.4 Å². The van der Waals surface area contributed by atoms with Crippen LogP contribution in [-0.4, -0.2) is 58.9 Å². The van der Waals surface area contributed by atoms with E-state index in [0.717, 1.165) is 50.5 Å². The van der Waals surface area contributed by atoms with E-state index < -0.39 is 24.3 Å². The van der Waals surface area contributed by atoms with Gasteiger partial charge in [0, 0.05) is 12.5 Å². The van der Waals surface area contributed by atoms with Crippen LogP contribution < -0.4 is 0 Å². The largest absolute Gasteiger partial charge is 0.456 e. The Bertz CT molecular complexity index is 842. The van der Waals surface area contributed by atoms with Crippen molar-refractivity contribution in [2.24, 2.45) is 5.92 Å². The normalized spacial score (nSPS) is 38.7. The van der Waals surface area contributed by atoms with E-state index in [1.807, 2.05) is 12.2 Å². The van der Waals surface area contributed by atoms with Crippen molar-refractivity contribution in [1.82, 2.24) is 0 Å². The maximum absolute atomic E-state index is 12.6. The average molecular weight is 485 g/mol. The third kappa shape index (κ3) is 8.28. The lowest BCUT2D eigenvalue weighted by molar-refractivity contribution is -0.148. The Hall–Kier alpha value is -1.99. The fourth-order valence-electron chi connectivity index (χ4n) is 5.18. The van der Waals surface area contributed by atoms with Crippen molar-refractivity contribution in [3.63, 3.8) is 0 Å². The third-order valence-electron chi connectivity index (χ3n) is 7.25. The van der Waals surface area contributed by atoms with E-state index >= 15 is 0 Å². The lowest BCUT2D eigenvalue weighted by Crippen LogP contribution is -2.32. The van der Waals surface area contributed by atoms with Crippen LogP contribution in [0.4, 0.5) is 0 Å². The fourth-order valence-corrected chi connectivity index (χ4v) is 5.18. The van der Waals surface area contributed by atoms with Crippen molar-refractivity contribution in [3.8, 4) is 0 Å². The molecule has 1 fully saturated rings. The summed E-state index contributed by atoms with van der Waals surface area (Å²) in [5.74, 6) is -0.207. The van der Waals surface area contributed by atoms with E-state index in [4.69, 9.17) is 14.2 Å². The predicted octanol–water partition coefficient (Wildman–Crippen LogP) is 4.48. The molecular formula is C29H40O6. The van der Waals surface area contributed by atoms with E-state index in [1.165, 1.54) is 6.08 Å². The van der Waals surface area contributed by atoms with E-state index in [9.17, 15) is 15.0 Å². The number of hydrogen-bond acceptors (Lipinski definition) is 6. The number of allylic oxidation sites excluding steroid dienone is 3. The summed E-state index contributed by atoms with van der Waals surface area (Å²) in [7, 11) is 0. The molecule has 0 aromatic heterocycles. The van der Waals surface area contributed by atoms with Crippen molar-refractivity contribution < 1.29 is 29.2 Å². The Morgan fingerprint density at radius 3 is 2.80 bits per heavy atom. The molecule has 3 aliphatic heterocycles. The molecule has 0 amide bonds. The molecule has 0 aromatic rings. The van der Waals surface area contributed by atoms with Crippen molar-refractivity contribution in [1.29, 1.82) is 0 Å². The van der Waals surface area contributed by atoms with Gasteiger partial charge in [-0.1, -0.05) is 54.7 Å². The zero-order chi connectivity index (χ0) is 24.6. The highest BCUT2D eigenvalue weighted by Crippen LogP contribution is 2.34. The van der Waals surface area contributed by atoms with Crippen LogP contribution in [-0.2, 0) is 19.0 Å². The summed E-state index contributed by atoms with van der Waals surface area (Å²) in [6, 6.07) is 0. The first-order valence-electron chi connectivity index (χ1n) is 13.2. The highest BCUT2D eigenvalue weighted by atomic mass is 16.6. The number of cyclic esters (lactones) is 1. The summed E-state index contributed by atoms with van der Waals surface area (Å²) in [6.07, 6.45) is 20.9. The van der Waals surface area contributed by atoms with Gasteiger partial charge in [0.25, 0.3) is 0 Å². The van der Waals surface area contributed by atoms with Crippen molar-refractivity contribution >= 4 is 5.97 Å². The van der Waals surface area contributed by atoms with Crippen LogP contribution in [0.1, 0.15) is 64.2 Å². The number of aliphatic hydroxyl groups is 2. The first-order chi connectivity index (χ1) is 17.0. The van der Waals surface area contributed by atoms with Crippen LogP contribution in [0.3, 0.4) is 0 Å². The molecule has 1 aliphatic carbocycles. The van der Waals surface area contributed by atoms with Crippen LogP contribution >= 0.6 is 0 Å². The summed E-state index contributed by atoms with van der Waals surface area (Å²) >= 11 is 0. The first kappa shape index (κ1) is 26.1. The lowest BCUT2D eigenvalue weighted by atomic mass is 9.94. The minimum Gasteiger partial charge on any atom is -0.456 e. The van der Waals surface area contributed by atoms with Crippen LogP contribution in [0, 0.1) is 5.92 Å². The minimum atomic E-state index is -0.949. The number of carbonyl (C=O) groups is 1. The molecule has 6 nitrogen and oxygen atoms in total. The first-order valence-corrected chi connectivity index (χ1v) is 13.2. The summed E-state index contributed by atoms with van der Waals surface area (Å²) in [4.78, 5) is 12.6.